The van der Waals surface area contributed by atoms with E-state index in [4.69, 9.17) is 29.3 Å². The van der Waals surface area contributed by atoms with E-state index in [1.807, 2.05) is 24.3 Å². The number of carboxylic acid groups (broad SMARTS) is 2. The smallest absolute Gasteiger partial charge is 0.490 e. The highest BCUT2D eigenvalue weighted by molar-refractivity contribution is 5.81. The fraction of sp³-hybridized carbons (Fsp3) is 0.375. The summed E-state index contributed by atoms with van der Waals surface area (Å²) in [6, 6.07) is 9.20. The zero-order valence-electron chi connectivity index (χ0n) is 20.9. The van der Waals surface area contributed by atoms with Crippen molar-refractivity contribution in [3.05, 3.63) is 41.7 Å². The number of rotatable bonds is 4. The van der Waals surface area contributed by atoms with Crippen LogP contribution in [0, 0.1) is 5.82 Å². The number of ether oxygens (including phenoxy) is 2. The van der Waals surface area contributed by atoms with Gasteiger partial charge in [-0.2, -0.15) is 26.3 Å². The Kier molecular flexibility index (Phi) is 10.7. The van der Waals surface area contributed by atoms with E-state index < -0.39 is 24.3 Å². The van der Waals surface area contributed by atoms with Crippen molar-refractivity contribution in [1.29, 1.82) is 0 Å². The lowest BCUT2D eigenvalue weighted by Crippen LogP contribution is -2.26. The first kappa shape index (κ1) is 32.1. The molecule has 9 nitrogen and oxygen atoms in total. The molecule has 3 aromatic rings. The summed E-state index contributed by atoms with van der Waals surface area (Å²) >= 11 is 0. The van der Waals surface area contributed by atoms with Crippen molar-refractivity contribution in [1.82, 2.24) is 15.3 Å². The highest BCUT2D eigenvalue weighted by Crippen LogP contribution is 2.34. The van der Waals surface area contributed by atoms with Gasteiger partial charge >= 0.3 is 24.3 Å². The molecule has 4 N–H and O–H groups in total. The Hall–Kier alpha value is -4.08. The number of piperidine rings is 1. The van der Waals surface area contributed by atoms with Gasteiger partial charge in [-0.1, -0.05) is 0 Å². The SMILES string of the molecule is COc1ccc(-c2nc3c(F)cc(C4CCNCC4)cc3[nH]2)cc1OC.O=C(O)C(F)(F)F.O=C(O)C(F)(F)F. The maximum absolute atomic E-state index is 14.7. The Bertz CT molecular complexity index is 1290. The van der Waals surface area contributed by atoms with Crippen molar-refractivity contribution in [2.75, 3.05) is 27.3 Å². The first-order chi connectivity index (χ1) is 18.6. The topological polar surface area (TPSA) is 134 Å². The summed E-state index contributed by atoms with van der Waals surface area (Å²) in [6.45, 7) is 1.95. The van der Waals surface area contributed by atoms with Crippen LogP contribution in [-0.2, 0) is 9.59 Å². The number of methoxy groups -OCH3 is 2. The number of hydrogen-bond donors (Lipinski definition) is 4. The standard InChI is InChI=1S/C20H22FN3O2.2C2HF3O2/c1-25-17-4-3-13(11-18(17)26-2)20-23-16-10-14(9-15(21)19(16)24-20)12-5-7-22-8-6-12;2*3-2(4,5)1(6)7/h3-4,9-12,22H,5-8H2,1-2H3,(H,23,24);2*(H,6,7). The molecule has 220 valence electrons. The van der Waals surface area contributed by atoms with Gasteiger partial charge in [0.25, 0.3) is 0 Å². The fourth-order valence-electron chi connectivity index (χ4n) is 3.61. The number of benzene rings is 2. The first-order valence-corrected chi connectivity index (χ1v) is 11.3. The Labute approximate surface area is 221 Å². The van der Waals surface area contributed by atoms with E-state index in [0.717, 1.165) is 42.6 Å². The molecule has 0 amide bonds. The maximum Gasteiger partial charge on any atom is 0.490 e. The average Bonchev–Trinajstić information content (AvgIpc) is 3.33. The van der Waals surface area contributed by atoms with Gasteiger partial charge in [0.1, 0.15) is 11.3 Å². The minimum Gasteiger partial charge on any atom is -0.493 e. The average molecular weight is 583 g/mol. The lowest BCUT2D eigenvalue weighted by molar-refractivity contribution is -0.193. The third-order valence-corrected chi connectivity index (χ3v) is 5.51. The number of halogens is 7. The van der Waals surface area contributed by atoms with Crippen LogP contribution in [0.25, 0.3) is 22.4 Å². The van der Waals surface area contributed by atoms with Crippen LogP contribution in [0.4, 0.5) is 30.7 Å². The number of aliphatic carboxylic acids is 2. The molecular formula is C24H24F7N3O6. The van der Waals surface area contributed by atoms with Crippen molar-refractivity contribution in [3.8, 4) is 22.9 Å². The second-order valence-corrected chi connectivity index (χ2v) is 8.18. The predicted octanol–water partition coefficient (Wildman–Crippen LogP) is 5.12. The van der Waals surface area contributed by atoms with Crippen molar-refractivity contribution in [2.24, 2.45) is 0 Å². The van der Waals surface area contributed by atoms with Crippen molar-refractivity contribution < 1.29 is 60.0 Å². The molecule has 4 rings (SSSR count). The maximum atomic E-state index is 14.7. The zero-order chi connectivity index (χ0) is 30.3. The molecule has 0 bridgehead atoms. The summed E-state index contributed by atoms with van der Waals surface area (Å²) in [4.78, 5) is 25.5. The van der Waals surface area contributed by atoms with Gasteiger partial charge in [-0.3, -0.25) is 0 Å². The van der Waals surface area contributed by atoms with Crippen LogP contribution < -0.4 is 14.8 Å². The number of carboxylic acids is 2. The van der Waals surface area contributed by atoms with Crippen LogP contribution in [0.5, 0.6) is 11.5 Å². The molecule has 0 atom stereocenters. The van der Waals surface area contributed by atoms with E-state index in [9.17, 15) is 30.7 Å². The largest absolute Gasteiger partial charge is 0.493 e. The molecule has 1 aliphatic heterocycles. The number of H-pyrrole nitrogens is 1. The molecule has 0 radical (unpaired) electrons. The van der Waals surface area contributed by atoms with Crippen LogP contribution in [-0.4, -0.2) is 71.8 Å². The highest BCUT2D eigenvalue weighted by atomic mass is 19.4. The van der Waals surface area contributed by atoms with Crippen molar-refractivity contribution in [3.63, 3.8) is 0 Å². The Morgan fingerprint density at radius 3 is 1.90 bits per heavy atom. The van der Waals surface area contributed by atoms with Crippen LogP contribution in [0.3, 0.4) is 0 Å². The number of nitrogens with zero attached hydrogens (tertiary/aromatic N) is 1. The first-order valence-electron chi connectivity index (χ1n) is 11.3. The number of aromatic amines is 1. The third-order valence-electron chi connectivity index (χ3n) is 5.51. The number of aromatic nitrogens is 2. The lowest BCUT2D eigenvalue weighted by Gasteiger charge is -2.23. The van der Waals surface area contributed by atoms with Crippen molar-refractivity contribution >= 4 is 23.0 Å². The molecule has 2 aromatic carbocycles. The summed E-state index contributed by atoms with van der Waals surface area (Å²) in [5.41, 5.74) is 2.96. The summed E-state index contributed by atoms with van der Waals surface area (Å²) in [6.07, 6.45) is -8.11. The van der Waals surface area contributed by atoms with Gasteiger partial charge < -0.3 is 30.0 Å². The summed E-state index contributed by atoms with van der Waals surface area (Å²) in [5, 5.41) is 17.6. The summed E-state index contributed by atoms with van der Waals surface area (Å²) in [5.74, 6) is -3.53. The second-order valence-electron chi connectivity index (χ2n) is 8.18. The molecule has 0 aliphatic carbocycles. The van der Waals surface area contributed by atoms with Gasteiger partial charge in [-0.25, -0.2) is 19.0 Å². The van der Waals surface area contributed by atoms with Gasteiger partial charge in [0.2, 0.25) is 0 Å². The number of hydrogen-bond acceptors (Lipinski definition) is 6. The lowest BCUT2D eigenvalue weighted by atomic mass is 9.90. The van der Waals surface area contributed by atoms with E-state index in [1.54, 1.807) is 20.3 Å². The van der Waals surface area contributed by atoms with E-state index in [-0.39, 0.29) is 5.82 Å². The van der Waals surface area contributed by atoms with Gasteiger partial charge in [-0.15, -0.1) is 0 Å². The summed E-state index contributed by atoms with van der Waals surface area (Å²) in [7, 11) is 3.18. The Morgan fingerprint density at radius 1 is 0.900 bits per heavy atom. The monoisotopic (exact) mass is 583 g/mol. The minimum atomic E-state index is -5.08. The van der Waals surface area contributed by atoms with Gasteiger partial charge in [0.05, 0.1) is 19.7 Å². The predicted molar refractivity (Wildman–Crippen MR) is 127 cm³/mol. The van der Waals surface area contributed by atoms with Crippen LogP contribution in [0.1, 0.15) is 24.3 Å². The van der Waals surface area contributed by atoms with E-state index in [0.29, 0.717) is 28.8 Å². The second kappa shape index (κ2) is 13.3. The number of imidazole rings is 1. The molecular weight excluding hydrogens is 559 g/mol. The quantitative estimate of drug-likeness (QED) is 0.311. The number of nitrogens with one attached hydrogen (secondary N) is 2. The molecule has 0 spiro atoms. The number of fused-ring (bicyclic) bond motifs is 1. The van der Waals surface area contributed by atoms with Crippen LogP contribution >= 0.6 is 0 Å². The van der Waals surface area contributed by atoms with Crippen LogP contribution in [0.2, 0.25) is 0 Å². The third kappa shape index (κ3) is 8.72. The molecule has 1 fully saturated rings. The molecule has 0 saturated carbocycles. The molecule has 40 heavy (non-hydrogen) atoms. The summed E-state index contributed by atoms with van der Waals surface area (Å²) < 4.78 is 88.7. The van der Waals surface area contributed by atoms with E-state index in [2.05, 4.69) is 15.3 Å². The van der Waals surface area contributed by atoms with Gasteiger partial charge in [0, 0.05) is 5.56 Å². The van der Waals surface area contributed by atoms with E-state index in [1.165, 1.54) is 0 Å². The molecule has 16 heteroatoms. The fourth-order valence-corrected chi connectivity index (χ4v) is 3.61. The number of alkyl halides is 6. The van der Waals surface area contributed by atoms with Gasteiger partial charge in [-0.05, 0) is 67.7 Å². The molecule has 2 heterocycles. The highest BCUT2D eigenvalue weighted by Gasteiger charge is 2.38. The van der Waals surface area contributed by atoms with Crippen molar-refractivity contribution in [2.45, 2.75) is 31.1 Å². The Morgan fingerprint density at radius 2 is 1.43 bits per heavy atom. The number of carbonyl (C=O) groups is 2. The minimum absolute atomic E-state index is 0.279. The normalized spacial score (nSPS) is 13.9. The molecule has 0 unspecified atom stereocenters. The molecule has 1 aromatic heterocycles. The van der Waals surface area contributed by atoms with E-state index >= 15 is 0 Å². The molecule has 1 aliphatic rings. The zero-order valence-corrected chi connectivity index (χ0v) is 20.9. The van der Waals surface area contributed by atoms with Crippen LogP contribution in [0.15, 0.2) is 30.3 Å². The Balaban J connectivity index is 0.000000333. The van der Waals surface area contributed by atoms with Gasteiger partial charge in [0.15, 0.2) is 17.3 Å². The molecule has 1 saturated heterocycles.